The minimum atomic E-state index is 0.195. The molecule has 6 nitrogen and oxygen atoms in total. The van der Waals surface area contributed by atoms with Gasteiger partial charge in [-0.05, 0) is 55.5 Å². The fourth-order valence-electron chi connectivity index (χ4n) is 3.75. The van der Waals surface area contributed by atoms with Gasteiger partial charge in [-0.3, -0.25) is 9.97 Å². The van der Waals surface area contributed by atoms with E-state index < -0.39 is 0 Å². The third-order valence-electron chi connectivity index (χ3n) is 5.48. The van der Waals surface area contributed by atoms with E-state index in [1.54, 1.807) is 24.4 Å². The van der Waals surface area contributed by atoms with Gasteiger partial charge in [-0.2, -0.15) is 0 Å². The lowest BCUT2D eigenvalue weighted by atomic mass is 10.1. The maximum Gasteiger partial charge on any atom is 0.141 e. The van der Waals surface area contributed by atoms with Crippen molar-refractivity contribution in [3.63, 3.8) is 0 Å². The van der Waals surface area contributed by atoms with Crippen LogP contribution in [0, 0.1) is 6.92 Å². The minimum Gasteiger partial charge on any atom is -0.506 e. The molecule has 0 spiro atoms. The molecule has 4 heterocycles. The van der Waals surface area contributed by atoms with Gasteiger partial charge in [0.2, 0.25) is 0 Å². The molecular formula is C29H22N4O2. The maximum absolute atomic E-state index is 9.81. The monoisotopic (exact) mass is 458 g/mol. The molecule has 35 heavy (non-hydrogen) atoms. The molecular weight excluding hydrogens is 436 g/mol. The third-order valence-corrected chi connectivity index (χ3v) is 5.48. The summed E-state index contributed by atoms with van der Waals surface area (Å²) < 4.78 is 0. The van der Waals surface area contributed by atoms with Crippen LogP contribution >= 0.6 is 0 Å². The second kappa shape index (κ2) is 9.57. The van der Waals surface area contributed by atoms with E-state index in [0.717, 1.165) is 39.2 Å². The van der Waals surface area contributed by atoms with Gasteiger partial charge in [-0.15, -0.1) is 0 Å². The number of nitrogens with zero attached hydrogens (tertiary/aromatic N) is 4. The van der Waals surface area contributed by atoms with Crippen LogP contribution in [0.25, 0.3) is 44.6 Å². The lowest BCUT2D eigenvalue weighted by Crippen LogP contribution is -1.90. The predicted octanol–water partition coefficient (Wildman–Crippen LogP) is 6.31. The molecule has 0 bridgehead atoms. The summed E-state index contributed by atoms with van der Waals surface area (Å²) in [6.07, 6.45) is 1.73. The fraction of sp³-hybridized carbons (Fsp3) is 0.0345. The largest absolute Gasteiger partial charge is 0.506 e. The summed E-state index contributed by atoms with van der Waals surface area (Å²) in [5, 5.41) is 21.4. The second-order valence-electron chi connectivity index (χ2n) is 7.97. The molecule has 0 aliphatic carbocycles. The Morgan fingerprint density at radius 1 is 0.486 bits per heavy atom. The molecule has 6 aromatic rings. The Labute approximate surface area is 202 Å². The van der Waals surface area contributed by atoms with Crippen molar-refractivity contribution in [2.45, 2.75) is 6.92 Å². The van der Waals surface area contributed by atoms with Crippen molar-refractivity contribution in [3.8, 4) is 34.3 Å². The number of benzene rings is 2. The van der Waals surface area contributed by atoms with E-state index in [2.05, 4.69) is 19.9 Å². The summed E-state index contributed by atoms with van der Waals surface area (Å²) in [5.74, 6) is 0.391. The molecule has 0 saturated carbocycles. The number of para-hydroxylation sites is 2. The zero-order valence-electron chi connectivity index (χ0n) is 19.0. The average molecular weight is 459 g/mol. The van der Waals surface area contributed by atoms with Gasteiger partial charge in [0.15, 0.2) is 0 Å². The fourth-order valence-corrected chi connectivity index (χ4v) is 3.75. The van der Waals surface area contributed by atoms with Crippen molar-refractivity contribution < 1.29 is 10.2 Å². The molecule has 0 unspecified atom stereocenters. The highest BCUT2D eigenvalue weighted by Crippen LogP contribution is 2.26. The van der Waals surface area contributed by atoms with Crippen molar-refractivity contribution in [1.82, 2.24) is 19.9 Å². The van der Waals surface area contributed by atoms with Crippen molar-refractivity contribution in [3.05, 3.63) is 109 Å². The quantitative estimate of drug-likeness (QED) is 0.316. The summed E-state index contributed by atoms with van der Waals surface area (Å²) in [5.41, 5.74) is 5.32. The Balaban J connectivity index is 0.000000145. The summed E-state index contributed by atoms with van der Waals surface area (Å²) in [6.45, 7) is 1.95. The Morgan fingerprint density at radius 3 is 1.60 bits per heavy atom. The lowest BCUT2D eigenvalue weighted by Gasteiger charge is -2.04. The molecule has 170 valence electrons. The molecule has 0 atom stereocenters. The smallest absolute Gasteiger partial charge is 0.141 e. The first-order valence-corrected chi connectivity index (χ1v) is 11.1. The number of phenolic OH excluding ortho intramolecular Hbond substituents is 2. The van der Waals surface area contributed by atoms with Gasteiger partial charge < -0.3 is 10.2 Å². The molecule has 0 radical (unpaired) electrons. The van der Waals surface area contributed by atoms with E-state index in [1.165, 1.54) is 0 Å². The van der Waals surface area contributed by atoms with Gasteiger partial charge in [-0.25, -0.2) is 9.97 Å². The van der Waals surface area contributed by atoms with Crippen LogP contribution in [0.4, 0.5) is 0 Å². The van der Waals surface area contributed by atoms with Crippen LogP contribution in [0.1, 0.15) is 5.69 Å². The Morgan fingerprint density at radius 2 is 1.03 bits per heavy atom. The number of aromatic nitrogens is 4. The lowest BCUT2D eigenvalue weighted by molar-refractivity contribution is 0.480. The zero-order valence-corrected chi connectivity index (χ0v) is 19.0. The van der Waals surface area contributed by atoms with Crippen LogP contribution < -0.4 is 0 Å². The SMILES string of the molecule is Cc1cccc(-c2ccc3cccc(O)c3n2)n1.Oc1cccc2ccc(-c3ccccn3)nc12. The van der Waals surface area contributed by atoms with E-state index in [-0.39, 0.29) is 11.5 Å². The van der Waals surface area contributed by atoms with Crippen LogP contribution in [-0.2, 0) is 0 Å². The average Bonchev–Trinajstić information content (AvgIpc) is 2.90. The number of pyridine rings is 4. The number of rotatable bonds is 2. The van der Waals surface area contributed by atoms with Gasteiger partial charge in [0.05, 0.1) is 22.8 Å². The minimum absolute atomic E-state index is 0.195. The van der Waals surface area contributed by atoms with Crippen LogP contribution in [0.2, 0.25) is 0 Å². The standard InChI is InChI=1S/C15H12N2O.C14H10N2O/c1-10-4-2-6-12(16-10)13-9-8-11-5-3-7-14(18)15(11)17-13;17-13-6-3-4-10-7-8-12(16-14(10)13)11-5-1-2-9-15-11/h2-9,18H,1H3;1-9,17H. The first kappa shape index (κ1) is 22.0. The molecule has 4 aromatic heterocycles. The summed E-state index contributed by atoms with van der Waals surface area (Å²) >= 11 is 0. The van der Waals surface area contributed by atoms with E-state index in [0.29, 0.717) is 11.0 Å². The summed E-state index contributed by atoms with van der Waals surface area (Å²) in [6, 6.07) is 29.9. The zero-order chi connectivity index (χ0) is 24.2. The molecule has 0 aliphatic heterocycles. The molecule has 2 N–H and O–H groups in total. The van der Waals surface area contributed by atoms with Crippen molar-refractivity contribution in [2.75, 3.05) is 0 Å². The summed E-state index contributed by atoms with van der Waals surface area (Å²) in [7, 11) is 0. The third kappa shape index (κ3) is 4.77. The second-order valence-corrected chi connectivity index (χ2v) is 7.97. The topological polar surface area (TPSA) is 92.0 Å². The van der Waals surface area contributed by atoms with Gasteiger partial charge in [0, 0.05) is 22.7 Å². The van der Waals surface area contributed by atoms with Crippen LogP contribution in [0.5, 0.6) is 11.5 Å². The Hall–Kier alpha value is -4.84. The number of aromatic hydroxyl groups is 2. The Kier molecular flexibility index (Phi) is 6.01. The van der Waals surface area contributed by atoms with Crippen molar-refractivity contribution >= 4 is 21.8 Å². The van der Waals surface area contributed by atoms with E-state index >= 15 is 0 Å². The molecule has 0 amide bonds. The van der Waals surface area contributed by atoms with E-state index in [1.807, 2.05) is 85.8 Å². The van der Waals surface area contributed by atoms with Crippen LogP contribution in [-0.4, -0.2) is 30.1 Å². The van der Waals surface area contributed by atoms with Crippen molar-refractivity contribution in [2.24, 2.45) is 0 Å². The normalized spacial score (nSPS) is 10.7. The molecule has 0 fully saturated rings. The van der Waals surface area contributed by atoms with Gasteiger partial charge in [0.25, 0.3) is 0 Å². The molecule has 6 heteroatoms. The highest BCUT2D eigenvalue weighted by atomic mass is 16.3. The highest BCUT2D eigenvalue weighted by Gasteiger charge is 2.06. The van der Waals surface area contributed by atoms with Gasteiger partial charge in [0.1, 0.15) is 22.5 Å². The number of fused-ring (bicyclic) bond motifs is 2. The number of phenols is 2. The van der Waals surface area contributed by atoms with Gasteiger partial charge in [-0.1, -0.05) is 48.5 Å². The van der Waals surface area contributed by atoms with Crippen LogP contribution in [0.3, 0.4) is 0 Å². The molecule has 6 rings (SSSR count). The summed E-state index contributed by atoms with van der Waals surface area (Å²) in [4.78, 5) is 17.6. The van der Waals surface area contributed by atoms with Gasteiger partial charge >= 0.3 is 0 Å². The number of hydrogen-bond acceptors (Lipinski definition) is 6. The van der Waals surface area contributed by atoms with Crippen molar-refractivity contribution in [1.29, 1.82) is 0 Å². The van der Waals surface area contributed by atoms with E-state index in [9.17, 15) is 10.2 Å². The maximum atomic E-state index is 9.81. The highest BCUT2D eigenvalue weighted by molar-refractivity contribution is 5.87. The molecule has 2 aromatic carbocycles. The Bertz CT molecular complexity index is 1640. The van der Waals surface area contributed by atoms with E-state index in [4.69, 9.17) is 0 Å². The molecule has 0 aliphatic rings. The number of hydrogen-bond donors (Lipinski definition) is 2. The first-order chi connectivity index (χ1) is 17.1. The number of aryl methyl sites for hydroxylation is 1. The van der Waals surface area contributed by atoms with Crippen LogP contribution in [0.15, 0.2) is 103 Å². The molecule has 0 saturated heterocycles. The first-order valence-electron chi connectivity index (χ1n) is 11.1. The predicted molar refractivity (Wildman–Crippen MR) is 138 cm³/mol.